The lowest BCUT2D eigenvalue weighted by molar-refractivity contribution is 0.0965. The van der Waals surface area contributed by atoms with E-state index < -0.39 is 0 Å². The van der Waals surface area contributed by atoms with Crippen LogP contribution in [0.3, 0.4) is 0 Å². The van der Waals surface area contributed by atoms with Crippen molar-refractivity contribution < 1.29 is 4.79 Å². The maximum atomic E-state index is 12.9. The van der Waals surface area contributed by atoms with Crippen molar-refractivity contribution in [3.8, 4) is 0 Å². The van der Waals surface area contributed by atoms with Crippen molar-refractivity contribution in [2.45, 2.75) is 45.1 Å². The van der Waals surface area contributed by atoms with Crippen LogP contribution in [0.2, 0.25) is 0 Å². The number of carbonyl (C=O) groups excluding carboxylic acids is 1. The number of anilines is 1. The van der Waals surface area contributed by atoms with Crippen molar-refractivity contribution in [3.05, 3.63) is 40.6 Å². The van der Waals surface area contributed by atoms with E-state index >= 15 is 0 Å². The Kier molecular flexibility index (Phi) is 4.29. The fourth-order valence-electron chi connectivity index (χ4n) is 2.85. The second-order valence-corrected chi connectivity index (χ2v) is 6.27. The molecule has 2 aromatic rings. The van der Waals surface area contributed by atoms with Gasteiger partial charge in [-0.25, -0.2) is 4.98 Å². The third-order valence-corrected chi connectivity index (χ3v) is 4.61. The highest BCUT2D eigenvalue weighted by atomic mass is 32.1. The van der Waals surface area contributed by atoms with Crippen LogP contribution < -0.4 is 4.90 Å². The van der Waals surface area contributed by atoms with E-state index in [0.717, 1.165) is 24.2 Å². The Morgan fingerprint density at radius 3 is 2.67 bits per heavy atom. The molecule has 0 bridgehead atoms. The Bertz CT molecular complexity index is 588. The molecule has 1 fully saturated rings. The molecule has 0 saturated heterocycles. The lowest BCUT2D eigenvalue weighted by Crippen LogP contribution is -2.41. The number of hydrogen-bond donors (Lipinski definition) is 0. The molecule has 4 nitrogen and oxygen atoms in total. The average molecular weight is 301 g/mol. The van der Waals surface area contributed by atoms with Crippen LogP contribution in [-0.4, -0.2) is 21.9 Å². The number of hydrogen-bond acceptors (Lipinski definition) is 4. The summed E-state index contributed by atoms with van der Waals surface area (Å²) in [4.78, 5) is 23.3. The van der Waals surface area contributed by atoms with Gasteiger partial charge in [0, 0.05) is 17.6 Å². The van der Waals surface area contributed by atoms with Gasteiger partial charge in [0.1, 0.15) is 5.69 Å². The second-order valence-electron chi connectivity index (χ2n) is 5.49. The van der Waals surface area contributed by atoms with Crippen LogP contribution in [-0.2, 0) is 0 Å². The summed E-state index contributed by atoms with van der Waals surface area (Å²) < 4.78 is 0. The Labute approximate surface area is 128 Å². The third-order valence-electron chi connectivity index (χ3n) is 3.94. The highest BCUT2D eigenvalue weighted by Gasteiger charge is 2.28. The molecule has 1 amide bonds. The number of amides is 1. The van der Waals surface area contributed by atoms with E-state index in [0.29, 0.717) is 5.69 Å². The summed E-state index contributed by atoms with van der Waals surface area (Å²) in [6.45, 7) is 1.87. The van der Waals surface area contributed by atoms with Gasteiger partial charge in [0.05, 0.1) is 17.6 Å². The van der Waals surface area contributed by atoms with Gasteiger partial charge in [-0.2, -0.15) is 11.3 Å². The predicted molar refractivity (Wildman–Crippen MR) is 84.8 cm³/mol. The predicted octanol–water partition coefficient (Wildman–Crippen LogP) is 3.83. The van der Waals surface area contributed by atoms with E-state index in [1.807, 2.05) is 28.7 Å². The molecule has 21 heavy (non-hydrogen) atoms. The number of nitrogens with zero attached hydrogens (tertiary/aromatic N) is 3. The monoisotopic (exact) mass is 301 g/mol. The normalized spacial score (nSPS) is 15.9. The van der Waals surface area contributed by atoms with Crippen molar-refractivity contribution in [3.63, 3.8) is 0 Å². The fraction of sp³-hybridized carbons (Fsp3) is 0.438. The van der Waals surface area contributed by atoms with Crippen LogP contribution in [0.15, 0.2) is 29.2 Å². The summed E-state index contributed by atoms with van der Waals surface area (Å²) in [7, 11) is 0. The van der Waals surface area contributed by atoms with Crippen molar-refractivity contribution in [2.75, 3.05) is 4.90 Å². The average Bonchev–Trinajstić information content (AvgIpc) is 3.03. The highest BCUT2D eigenvalue weighted by Crippen LogP contribution is 2.29. The second kappa shape index (κ2) is 6.35. The van der Waals surface area contributed by atoms with Gasteiger partial charge in [0.2, 0.25) is 0 Å². The maximum absolute atomic E-state index is 12.9. The van der Waals surface area contributed by atoms with Crippen LogP contribution in [0, 0.1) is 6.92 Å². The minimum atomic E-state index is -0.0344. The minimum Gasteiger partial charge on any atom is -0.303 e. The quantitative estimate of drug-likeness (QED) is 0.865. The number of rotatable bonds is 3. The lowest BCUT2D eigenvalue weighted by Gasteiger charge is -2.33. The van der Waals surface area contributed by atoms with Gasteiger partial charge in [-0.05, 0) is 31.2 Å². The lowest BCUT2D eigenvalue weighted by atomic mass is 9.93. The molecule has 0 aliphatic heterocycles. The fourth-order valence-corrected chi connectivity index (χ4v) is 3.48. The standard InChI is InChI=1S/C16H19N3OS/c1-12-9-18-15(10-17-12)16(20)19(14-7-8-21-11-14)13-5-3-2-4-6-13/h7-11,13H,2-6H2,1H3. The Morgan fingerprint density at radius 1 is 1.24 bits per heavy atom. The molecule has 0 unspecified atom stereocenters. The summed E-state index contributed by atoms with van der Waals surface area (Å²) in [6.07, 6.45) is 9.03. The molecule has 1 aliphatic carbocycles. The largest absolute Gasteiger partial charge is 0.303 e. The van der Waals surface area contributed by atoms with Gasteiger partial charge in [0.15, 0.2) is 0 Å². The van der Waals surface area contributed by atoms with Crippen LogP contribution in [0.4, 0.5) is 5.69 Å². The van der Waals surface area contributed by atoms with Crippen LogP contribution in [0.1, 0.15) is 48.3 Å². The Balaban J connectivity index is 1.90. The first kappa shape index (κ1) is 14.2. The van der Waals surface area contributed by atoms with E-state index in [1.54, 1.807) is 23.7 Å². The molecule has 0 radical (unpaired) electrons. The SMILES string of the molecule is Cc1cnc(C(=O)N(c2ccsc2)C2CCCCC2)cn1. The van der Waals surface area contributed by atoms with Gasteiger partial charge in [-0.15, -0.1) is 0 Å². The Morgan fingerprint density at radius 2 is 2.05 bits per heavy atom. The van der Waals surface area contributed by atoms with E-state index in [4.69, 9.17) is 0 Å². The highest BCUT2D eigenvalue weighted by molar-refractivity contribution is 7.08. The number of aromatic nitrogens is 2. The molecule has 0 N–H and O–H groups in total. The van der Waals surface area contributed by atoms with E-state index in [9.17, 15) is 4.79 Å². The number of thiophene rings is 1. The molecule has 2 aromatic heterocycles. The van der Waals surface area contributed by atoms with Crippen molar-refractivity contribution in [1.29, 1.82) is 0 Å². The first-order valence-electron chi connectivity index (χ1n) is 7.40. The molecule has 1 saturated carbocycles. The Hall–Kier alpha value is -1.75. The van der Waals surface area contributed by atoms with Gasteiger partial charge >= 0.3 is 0 Å². The molecule has 0 atom stereocenters. The van der Waals surface area contributed by atoms with Gasteiger partial charge < -0.3 is 4.90 Å². The zero-order valence-corrected chi connectivity index (χ0v) is 13.0. The van der Waals surface area contributed by atoms with Crippen molar-refractivity contribution in [1.82, 2.24) is 9.97 Å². The van der Waals surface area contributed by atoms with E-state index in [1.165, 1.54) is 19.3 Å². The summed E-state index contributed by atoms with van der Waals surface area (Å²) in [5.41, 5.74) is 2.24. The smallest absolute Gasteiger partial charge is 0.278 e. The van der Waals surface area contributed by atoms with E-state index in [-0.39, 0.29) is 11.9 Å². The molecule has 0 aromatic carbocycles. The van der Waals surface area contributed by atoms with Crippen LogP contribution in [0.5, 0.6) is 0 Å². The molecule has 5 heteroatoms. The first-order chi connectivity index (χ1) is 10.3. The van der Waals surface area contributed by atoms with E-state index in [2.05, 4.69) is 9.97 Å². The third kappa shape index (κ3) is 3.13. The molecule has 110 valence electrons. The molecule has 3 rings (SSSR count). The molecule has 0 spiro atoms. The van der Waals surface area contributed by atoms with Gasteiger partial charge in [-0.3, -0.25) is 9.78 Å². The zero-order chi connectivity index (χ0) is 14.7. The first-order valence-corrected chi connectivity index (χ1v) is 8.34. The van der Waals surface area contributed by atoms with Crippen molar-refractivity contribution in [2.24, 2.45) is 0 Å². The zero-order valence-electron chi connectivity index (χ0n) is 12.2. The van der Waals surface area contributed by atoms with Gasteiger partial charge in [0.25, 0.3) is 5.91 Å². The summed E-state index contributed by atoms with van der Waals surface area (Å²) in [6, 6.07) is 2.29. The molecular weight excluding hydrogens is 282 g/mol. The number of aryl methyl sites for hydroxylation is 1. The van der Waals surface area contributed by atoms with Crippen molar-refractivity contribution >= 4 is 22.9 Å². The van der Waals surface area contributed by atoms with Crippen LogP contribution in [0.25, 0.3) is 0 Å². The molecule has 1 aliphatic rings. The van der Waals surface area contributed by atoms with Gasteiger partial charge in [-0.1, -0.05) is 19.3 Å². The molecule has 2 heterocycles. The molecular formula is C16H19N3OS. The van der Waals surface area contributed by atoms with Crippen LogP contribution >= 0.6 is 11.3 Å². The number of carbonyl (C=O) groups is 1. The topological polar surface area (TPSA) is 46.1 Å². The minimum absolute atomic E-state index is 0.0344. The summed E-state index contributed by atoms with van der Waals surface area (Å²) in [5.74, 6) is -0.0344. The summed E-state index contributed by atoms with van der Waals surface area (Å²) >= 11 is 1.62. The maximum Gasteiger partial charge on any atom is 0.278 e. The summed E-state index contributed by atoms with van der Waals surface area (Å²) in [5, 5.41) is 4.05.